The molecule has 0 atom stereocenters. The normalized spacial score (nSPS) is 14.3. The van der Waals surface area contributed by atoms with E-state index < -0.39 is 11.7 Å². The number of likely N-dealkylation sites (tertiary alicyclic amines) is 1. The van der Waals surface area contributed by atoms with Crippen LogP contribution in [0.25, 0.3) is 11.1 Å². The molecule has 10 heteroatoms. The van der Waals surface area contributed by atoms with Crippen LogP contribution in [0, 0.1) is 6.92 Å². The Morgan fingerprint density at radius 2 is 2.03 bits per heavy atom. The van der Waals surface area contributed by atoms with E-state index in [0.29, 0.717) is 34.3 Å². The number of rotatable bonds is 4. The number of halogens is 1. The minimum atomic E-state index is -0.598. The highest BCUT2D eigenvalue weighted by Gasteiger charge is 2.21. The van der Waals surface area contributed by atoms with Crippen molar-refractivity contribution in [2.24, 2.45) is 0 Å². The van der Waals surface area contributed by atoms with E-state index in [4.69, 9.17) is 4.42 Å². The lowest BCUT2D eigenvalue weighted by molar-refractivity contribution is -0.132. The van der Waals surface area contributed by atoms with E-state index in [1.54, 1.807) is 30.0 Å². The van der Waals surface area contributed by atoms with Gasteiger partial charge in [0.1, 0.15) is 6.54 Å². The van der Waals surface area contributed by atoms with E-state index in [-0.39, 0.29) is 18.1 Å². The van der Waals surface area contributed by atoms with E-state index in [2.05, 4.69) is 31.4 Å². The Bertz CT molecular complexity index is 1140. The molecule has 3 aromatic rings. The SMILES string of the molecule is Cc1[nH]nc(C(=O)Nc2ccc3oc(=O)n(CC(=O)N4CCCCC4)c3c2)c1Br. The van der Waals surface area contributed by atoms with Gasteiger partial charge in [-0.25, -0.2) is 4.79 Å². The second kappa shape index (κ2) is 7.86. The molecule has 1 saturated heterocycles. The number of benzene rings is 1. The number of carbonyl (C=O) groups is 2. The number of nitrogens with one attached hydrogen (secondary N) is 2. The first kappa shape index (κ1) is 19.4. The minimum absolute atomic E-state index is 0.0899. The second-order valence-corrected chi connectivity index (χ2v) is 7.84. The van der Waals surface area contributed by atoms with Crippen molar-refractivity contribution in [1.29, 1.82) is 0 Å². The molecule has 3 heterocycles. The molecule has 29 heavy (non-hydrogen) atoms. The minimum Gasteiger partial charge on any atom is -0.408 e. The summed E-state index contributed by atoms with van der Waals surface area (Å²) < 4.78 is 7.14. The highest BCUT2D eigenvalue weighted by Crippen LogP contribution is 2.22. The van der Waals surface area contributed by atoms with Gasteiger partial charge in [0, 0.05) is 24.5 Å². The molecule has 0 radical (unpaired) electrons. The summed E-state index contributed by atoms with van der Waals surface area (Å²) in [6, 6.07) is 4.85. The number of H-pyrrole nitrogens is 1. The number of aromatic nitrogens is 3. The second-order valence-electron chi connectivity index (χ2n) is 7.04. The van der Waals surface area contributed by atoms with Gasteiger partial charge in [0.25, 0.3) is 5.91 Å². The lowest BCUT2D eigenvalue weighted by Gasteiger charge is -2.26. The van der Waals surface area contributed by atoms with Crippen LogP contribution in [-0.2, 0) is 11.3 Å². The molecular weight excluding hydrogens is 442 g/mol. The average molecular weight is 462 g/mol. The van der Waals surface area contributed by atoms with Crippen LogP contribution >= 0.6 is 15.9 Å². The maximum absolute atomic E-state index is 12.6. The lowest BCUT2D eigenvalue weighted by Crippen LogP contribution is -2.39. The Morgan fingerprint density at radius 3 is 2.72 bits per heavy atom. The van der Waals surface area contributed by atoms with Gasteiger partial charge in [-0.2, -0.15) is 5.10 Å². The van der Waals surface area contributed by atoms with Crippen LogP contribution in [0.5, 0.6) is 0 Å². The molecule has 0 spiro atoms. The zero-order valence-corrected chi connectivity index (χ0v) is 17.4. The Labute approximate surface area is 174 Å². The van der Waals surface area contributed by atoms with Gasteiger partial charge in [-0.05, 0) is 60.3 Å². The van der Waals surface area contributed by atoms with Gasteiger partial charge in [-0.1, -0.05) is 0 Å². The third kappa shape index (κ3) is 3.84. The lowest BCUT2D eigenvalue weighted by atomic mass is 10.1. The van der Waals surface area contributed by atoms with Crippen molar-refractivity contribution in [2.75, 3.05) is 18.4 Å². The van der Waals surface area contributed by atoms with E-state index in [9.17, 15) is 14.4 Å². The van der Waals surface area contributed by atoms with Crippen LogP contribution in [0.3, 0.4) is 0 Å². The highest BCUT2D eigenvalue weighted by atomic mass is 79.9. The highest BCUT2D eigenvalue weighted by molar-refractivity contribution is 9.10. The molecule has 1 aliphatic rings. The van der Waals surface area contributed by atoms with Crippen molar-refractivity contribution in [3.8, 4) is 0 Å². The monoisotopic (exact) mass is 461 g/mol. The molecule has 0 aliphatic carbocycles. The molecule has 0 saturated carbocycles. The third-order valence-electron chi connectivity index (χ3n) is 5.02. The number of nitrogens with zero attached hydrogens (tertiary/aromatic N) is 3. The molecule has 2 aromatic heterocycles. The predicted octanol–water partition coefficient (Wildman–Crippen LogP) is 2.65. The zero-order chi connectivity index (χ0) is 20.5. The summed E-state index contributed by atoms with van der Waals surface area (Å²) in [5, 5.41) is 9.47. The van der Waals surface area contributed by atoms with Crippen LogP contribution in [-0.4, -0.2) is 44.6 Å². The fraction of sp³-hybridized carbons (Fsp3) is 0.368. The molecule has 0 unspecified atom stereocenters. The summed E-state index contributed by atoms with van der Waals surface area (Å²) in [6.45, 7) is 3.13. The number of hydrogen-bond donors (Lipinski definition) is 2. The molecule has 1 aliphatic heterocycles. The molecule has 4 rings (SSSR count). The number of fused-ring (bicyclic) bond motifs is 1. The van der Waals surface area contributed by atoms with E-state index in [1.165, 1.54) is 4.57 Å². The molecule has 2 N–H and O–H groups in total. The first-order chi connectivity index (χ1) is 13.9. The average Bonchev–Trinajstić information content (AvgIpc) is 3.21. The van der Waals surface area contributed by atoms with Gasteiger partial charge >= 0.3 is 5.76 Å². The standard InChI is InChI=1S/C19H20BrN5O4/c1-11-16(20)17(23-22-11)18(27)21-12-5-6-14-13(9-12)25(19(28)29-14)10-15(26)24-7-3-2-4-8-24/h5-6,9H,2-4,7-8,10H2,1H3,(H,21,27)(H,22,23). The topological polar surface area (TPSA) is 113 Å². The van der Waals surface area contributed by atoms with Crippen molar-refractivity contribution >= 4 is 44.5 Å². The number of piperidine rings is 1. The number of carbonyl (C=O) groups excluding carboxylic acids is 2. The van der Waals surface area contributed by atoms with Crippen LogP contribution in [0.15, 0.2) is 31.9 Å². The summed E-state index contributed by atoms with van der Waals surface area (Å²) in [5.74, 6) is -1.11. The Balaban J connectivity index is 1.59. The molecule has 1 fully saturated rings. The number of aryl methyl sites for hydroxylation is 1. The Hall–Kier alpha value is -2.88. The van der Waals surface area contributed by atoms with Gasteiger partial charge < -0.3 is 14.6 Å². The number of anilines is 1. The quantitative estimate of drug-likeness (QED) is 0.619. The van der Waals surface area contributed by atoms with Crippen molar-refractivity contribution < 1.29 is 14.0 Å². The van der Waals surface area contributed by atoms with Crippen LogP contribution in [0.2, 0.25) is 0 Å². The number of aromatic amines is 1. The van der Waals surface area contributed by atoms with Crippen molar-refractivity contribution in [1.82, 2.24) is 19.7 Å². The molecule has 1 aromatic carbocycles. The molecule has 9 nitrogen and oxygen atoms in total. The number of oxazole rings is 1. The molecule has 0 bridgehead atoms. The summed E-state index contributed by atoms with van der Waals surface area (Å²) in [4.78, 5) is 39.1. The van der Waals surface area contributed by atoms with Gasteiger partial charge in [0.05, 0.1) is 9.99 Å². The first-order valence-electron chi connectivity index (χ1n) is 9.37. The van der Waals surface area contributed by atoms with Gasteiger partial charge in [0.2, 0.25) is 5.91 Å². The maximum Gasteiger partial charge on any atom is 0.420 e. The largest absolute Gasteiger partial charge is 0.420 e. The number of amides is 2. The Morgan fingerprint density at radius 1 is 1.28 bits per heavy atom. The van der Waals surface area contributed by atoms with E-state index in [0.717, 1.165) is 25.0 Å². The number of hydrogen-bond acceptors (Lipinski definition) is 5. The first-order valence-corrected chi connectivity index (χ1v) is 10.2. The third-order valence-corrected chi connectivity index (χ3v) is 5.99. The molecular formula is C19H20BrN5O4. The fourth-order valence-corrected chi connectivity index (χ4v) is 3.78. The van der Waals surface area contributed by atoms with Gasteiger partial charge in [-0.3, -0.25) is 19.3 Å². The Kier molecular flexibility index (Phi) is 5.27. The summed E-state index contributed by atoms with van der Waals surface area (Å²) in [5.41, 5.74) is 2.25. The summed E-state index contributed by atoms with van der Waals surface area (Å²) in [7, 11) is 0. The molecule has 152 valence electrons. The van der Waals surface area contributed by atoms with Crippen molar-refractivity contribution in [3.05, 3.63) is 44.6 Å². The smallest absolute Gasteiger partial charge is 0.408 e. The van der Waals surface area contributed by atoms with E-state index >= 15 is 0 Å². The predicted molar refractivity (Wildman–Crippen MR) is 110 cm³/mol. The van der Waals surface area contributed by atoms with Gasteiger partial charge in [0.15, 0.2) is 11.3 Å². The summed E-state index contributed by atoms with van der Waals surface area (Å²) in [6.07, 6.45) is 3.07. The fourth-order valence-electron chi connectivity index (χ4n) is 3.42. The zero-order valence-electron chi connectivity index (χ0n) is 15.8. The van der Waals surface area contributed by atoms with Crippen LogP contribution < -0.4 is 11.1 Å². The molecule has 2 amide bonds. The van der Waals surface area contributed by atoms with Crippen molar-refractivity contribution in [2.45, 2.75) is 32.7 Å². The van der Waals surface area contributed by atoms with Crippen molar-refractivity contribution in [3.63, 3.8) is 0 Å². The van der Waals surface area contributed by atoms with Crippen LogP contribution in [0.4, 0.5) is 5.69 Å². The maximum atomic E-state index is 12.6. The van der Waals surface area contributed by atoms with Crippen LogP contribution in [0.1, 0.15) is 35.4 Å². The van der Waals surface area contributed by atoms with Gasteiger partial charge in [-0.15, -0.1) is 0 Å². The summed E-state index contributed by atoms with van der Waals surface area (Å²) >= 11 is 3.33. The van der Waals surface area contributed by atoms with E-state index in [1.807, 2.05) is 0 Å².